The molecule has 1 aromatic carbocycles. The van der Waals surface area contributed by atoms with Crippen LogP contribution in [0.1, 0.15) is 28.9 Å². The molecule has 1 amide bonds. The van der Waals surface area contributed by atoms with Gasteiger partial charge in [-0.15, -0.1) is 11.6 Å². The van der Waals surface area contributed by atoms with Gasteiger partial charge in [0.15, 0.2) is 5.69 Å². The number of aromatic nitrogens is 1. The van der Waals surface area contributed by atoms with Crippen molar-refractivity contribution < 1.29 is 9.21 Å². The standard InChI is InChI=1S/C15H15ClN2O2/c16-9-11-3-5-12(6-4-11)14-17-13(10-20-14)15(19)18-7-1-2-8-18/h3-6,10H,1-2,7-9H2. The van der Waals surface area contributed by atoms with Crippen molar-refractivity contribution in [3.05, 3.63) is 41.8 Å². The van der Waals surface area contributed by atoms with Crippen molar-refractivity contribution >= 4 is 17.5 Å². The van der Waals surface area contributed by atoms with E-state index in [1.165, 1.54) is 6.26 Å². The predicted octanol–water partition coefficient (Wildman–Crippen LogP) is 3.32. The molecule has 1 aliphatic rings. The molecule has 0 aliphatic carbocycles. The molecule has 1 fully saturated rings. The normalized spacial score (nSPS) is 14.8. The highest BCUT2D eigenvalue weighted by Gasteiger charge is 2.22. The third kappa shape index (κ3) is 2.56. The van der Waals surface area contributed by atoms with Gasteiger partial charge in [-0.25, -0.2) is 4.98 Å². The highest BCUT2D eigenvalue weighted by atomic mass is 35.5. The van der Waals surface area contributed by atoms with Crippen molar-refractivity contribution in [1.82, 2.24) is 9.88 Å². The summed E-state index contributed by atoms with van der Waals surface area (Å²) in [7, 11) is 0. The summed E-state index contributed by atoms with van der Waals surface area (Å²) < 4.78 is 5.41. The number of oxazole rings is 1. The van der Waals surface area contributed by atoms with Crippen LogP contribution in [0.15, 0.2) is 34.9 Å². The number of likely N-dealkylation sites (tertiary alicyclic amines) is 1. The van der Waals surface area contributed by atoms with Crippen LogP contribution in [0.3, 0.4) is 0 Å². The summed E-state index contributed by atoms with van der Waals surface area (Å²) in [5.74, 6) is 0.897. The first kappa shape index (κ1) is 13.2. The molecule has 5 heteroatoms. The molecule has 1 aromatic heterocycles. The maximum absolute atomic E-state index is 12.2. The number of alkyl halides is 1. The Bertz CT molecular complexity index is 601. The van der Waals surface area contributed by atoms with E-state index in [-0.39, 0.29) is 5.91 Å². The molecule has 1 saturated heterocycles. The van der Waals surface area contributed by atoms with E-state index < -0.39 is 0 Å². The van der Waals surface area contributed by atoms with Crippen molar-refractivity contribution in [2.24, 2.45) is 0 Å². The summed E-state index contributed by atoms with van der Waals surface area (Å²) in [6.07, 6.45) is 3.57. The Labute approximate surface area is 122 Å². The highest BCUT2D eigenvalue weighted by molar-refractivity contribution is 6.17. The van der Waals surface area contributed by atoms with E-state index in [1.54, 1.807) is 0 Å². The number of nitrogens with zero attached hydrogens (tertiary/aromatic N) is 2. The van der Waals surface area contributed by atoms with Gasteiger partial charge in [0, 0.05) is 24.5 Å². The average Bonchev–Trinajstić information content (AvgIpc) is 3.18. The molecule has 2 aromatic rings. The Hall–Kier alpha value is -1.81. The van der Waals surface area contributed by atoms with Crippen molar-refractivity contribution in [1.29, 1.82) is 0 Å². The average molecular weight is 291 g/mol. The number of rotatable bonds is 3. The summed E-state index contributed by atoms with van der Waals surface area (Å²) in [5, 5.41) is 0. The number of hydrogen-bond acceptors (Lipinski definition) is 3. The zero-order valence-electron chi connectivity index (χ0n) is 11.0. The summed E-state index contributed by atoms with van der Waals surface area (Å²) >= 11 is 5.75. The first-order valence-electron chi connectivity index (χ1n) is 6.68. The number of hydrogen-bond donors (Lipinski definition) is 0. The van der Waals surface area contributed by atoms with Crippen LogP contribution >= 0.6 is 11.6 Å². The van der Waals surface area contributed by atoms with Gasteiger partial charge in [-0.1, -0.05) is 12.1 Å². The zero-order valence-corrected chi connectivity index (χ0v) is 11.8. The molecule has 104 valence electrons. The Morgan fingerprint density at radius 1 is 1.25 bits per heavy atom. The van der Waals surface area contributed by atoms with Crippen LogP contribution in [0.2, 0.25) is 0 Å². The minimum Gasteiger partial charge on any atom is -0.444 e. The van der Waals surface area contributed by atoms with E-state index >= 15 is 0 Å². The van der Waals surface area contributed by atoms with Gasteiger partial charge in [-0.05, 0) is 30.5 Å². The van der Waals surface area contributed by atoms with E-state index in [9.17, 15) is 4.79 Å². The van der Waals surface area contributed by atoms with Gasteiger partial charge in [0.05, 0.1) is 0 Å². The first-order chi connectivity index (χ1) is 9.78. The Morgan fingerprint density at radius 3 is 2.60 bits per heavy atom. The number of benzene rings is 1. The lowest BCUT2D eigenvalue weighted by Crippen LogP contribution is -2.27. The van der Waals surface area contributed by atoms with Crippen molar-refractivity contribution in [2.45, 2.75) is 18.7 Å². The molecular formula is C15H15ClN2O2. The maximum Gasteiger partial charge on any atom is 0.275 e. The molecule has 2 heterocycles. The van der Waals surface area contributed by atoms with Crippen LogP contribution in [0.25, 0.3) is 11.5 Å². The molecule has 0 atom stereocenters. The highest BCUT2D eigenvalue weighted by Crippen LogP contribution is 2.21. The molecule has 0 N–H and O–H groups in total. The molecule has 0 spiro atoms. The zero-order chi connectivity index (χ0) is 13.9. The second-order valence-corrected chi connectivity index (χ2v) is 5.14. The number of carbonyl (C=O) groups excluding carboxylic acids is 1. The van der Waals surface area contributed by atoms with Crippen LogP contribution in [0, 0.1) is 0 Å². The topological polar surface area (TPSA) is 46.3 Å². The second-order valence-electron chi connectivity index (χ2n) is 4.87. The second kappa shape index (κ2) is 5.67. The van der Waals surface area contributed by atoms with Gasteiger partial charge in [-0.3, -0.25) is 4.79 Å². The molecule has 4 nitrogen and oxygen atoms in total. The van der Waals surface area contributed by atoms with Gasteiger partial charge in [0.25, 0.3) is 5.91 Å². The number of amides is 1. The van der Waals surface area contributed by atoms with E-state index in [0.717, 1.165) is 37.1 Å². The van der Waals surface area contributed by atoms with Gasteiger partial charge in [0.1, 0.15) is 6.26 Å². The summed E-state index contributed by atoms with van der Waals surface area (Å²) in [6.45, 7) is 1.62. The molecule has 0 saturated carbocycles. The molecular weight excluding hydrogens is 276 g/mol. The smallest absolute Gasteiger partial charge is 0.275 e. The van der Waals surface area contributed by atoms with E-state index in [4.69, 9.17) is 16.0 Å². The Kier molecular flexibility index (Phi) is 3.74. The summed E-state index contributed by atoms with van der Waals surface area (Å²) in [4.78, 5) is 18.3. The predicted molar refractivity (Wildman–Crippen MR) is 76.6 cm³/mol. The van der Waals surface area contributed by atoms with Gasteiger partial charge in [-0.2, -0.15) is 0 Å². The minimum absolute atomic E-state index is 0.0464. The molecule has 1 aliphatic heterocycles. The molecule has 0 unspecified atom stereocenters. The van der Waals surface area contributed by atoms with E-state index in [1.807, 2.05) is 29.2 Å². The van der Waals surface area contributed by atoms with Gasteiger partial charge >= 0.3 is 0 Å². The molecule has 0 bridgehead atoms. The third-order valence-corrected chi connectivity index (χ3v) is 3.78. The van der Waals surface area contributed by atoms with Crippen LogP contribution in [-0.2, 0) is 5.88 Å². The van der Waals surface area contributed by atoms with Crippen LogP contribution in [0.4, 0.5) is 0 Å². The lowest BCUT2D eigenvalue weighted by atomic mass is 10.1. The third-order valence-electron chi connectivity index (χ3n) is 3.47. The largest absolute Gasteiger partial charge is 0.444 e. The lowest BCUT2D eigenvalue weighted by Gasteiger charge is -2.12. The van der Waals surface area contributed by atoms with Crippen molar-refractivity contribution in [3.63, 3.8) is 0 Å². The fourth-order valence-corrected chi connectivity index (χ4v) is 2.50. The van der Waals surface area contributed by atoms with Crippen LogP contribution < -0.4 is 0 Å². The molecule has 0 radical (unpaired) electrons. The van der Waals surface area contributed by atoms with Crippen molar-refractivity contribution in [2.75, 3.05) is 13.1 Å². The Morgan fingerprint density at radius 2 is 1.95 bits per heavy atom. The minimum atomic E-state index is -0.0464. The van der Waals surface area contributed by atoms with Gasteiger partial charge < -0.3 is 9.32 Å². The number of halogens is 1. The fourth-order valence-electron chi connectivity index (χ4n) is 2.32. The number of carbonyl (C=O) groups is 1. The summed E-state index contributed by atoms with van der Waals surface area (Å²) in [6, 6.07) is 7.64. The SMILES string of the molecule is O=C(c1coc(-c2ccc(CCl)cc2)n1)N1CCCC1. The Balaban J connectivity index is 1.80. The fraction of sp³-hybridized carbons (Fsp3) is 0.333. The maximum atomic E-state index is 12.2. The van der Waals surface area contributed by atoms with Crippen LogP contribution in [0.5, 0.6) is 0 Å². The summed E-state index contributed by atoms with van der Waals surface area (Å²) in [5.41, 5.74) is 2.26. The quantitative estimate of drug-likeness (QED) is 0.815. The molecule has 3 rings (SSSR count). The van der Waals surface area contributed by atoms with E-state index in [0.29, 0.717) is 17.5 Å². The van der Waals surface area contributed by atoms with Crippen molar-refractivity contribution in [3.8, 4) is 11.5 Å². The first-order valence-corrected chi connectivity index (χ1v) is 7.21. The monoisotopic (exact) mass is 290 g/mol. The van der Waals surface area contributed by atoms with E-state index in [2.05, 4.69) is 4.98 Å². The molecule has 20 heavy (non-hydrogen) atoms. The van der Waals surface area contributed by atoms with Gasteiger partial charge in [0.2, 0.25) is 5.89 Å². The lowest BCUT2D eigenvalue weighted by molar-refractivity contribution is 0.0787. The van der Waals surface area contributed by atoms with Crippen LogP contribution in [-0.4, -0.2) is 28.9 Å².